The van der Waals surface area contributed by atoms with E-state index in [0.717, 1.165) is 60.3 Å². The Labute approximate surface area is 203 Å². The number of carbonyl (C=O) groups is 1. The number of hydrazone groups is 1. The number of nitrogens with zero attached hydrogens (tertiary/aromatic N) is 5. The Kier molecular flexibility index (Phi) is 6.46. The van der Waals surface area contributed by atoms with Gasteiger partial charge in [-0.1, -0.05) is 23.7 Å². The lowest BCUT2D eigenvalue weighted by Gasteiger charge is -2.33. The Morgan fingerprint density at radius 2 is 1.91 bits per heavy atom. The van der Waals surface area contributed by atoms with E-state index < -0.39 is 0 Å². The van der Waals surface area contributed by atoms with Crippen LogP contribution in [0.25, 0.3) is 5.70 Å². The van der Waals surface area contributed by atoms with E-state index in [0.29, 0.717) is 0 Å². The van der Waals surface area contributed by atoms with Gasteiger partial charge in [0, 0.05) is 50.0 Å². The third kappa shape index (κ3) is 4.96. The number of likely N-dealkylation sites (N-methyl/N-ethyl adjacent to an activating group) is 1. The van der Waals surface area contributed by atoms with Crippen molar-refractivity contribution < 1.29 is 4.79 Å². The van der Waals surface area contributed by atoms with Crippen molar-refractivity contribution in [1.29, 1.82) is 0 Å². The first kappa shape index (κ1) is 22.1. The molecule has 1 N–H and O–H groups in total. The maximum Gasteiger partial charge on any atom is 0.225 e. The zero-order valence-electron chi connectivity index (χ0n) is 18.5. The Balaban J connectivity index is 1.12. The van der Waals surface area contributed by atoms with Gasteiger partial charge < -0.3 is 15.1 Å². The number of thioether (sulfide) groups is 1. The fourth-order valence-electron chi connectivity index (χ4n) is 4.33. The van der Waals surface area contributed by atoms with Gasteiger partial charge in [0.05, 0.1) is 11.9 Å². The summed E-state index contributed by atoms with van der Waals surface area (Å²) in [5, 5.41) is 12.1. The molecule has 0 saturated carbocycles. The molecule has 0 bridgehead atoms. The lowest BCUT2D eigenvalue weighted by atomic mass is 9.95. The van der Waals surface area contributed by atoms with Crippen LogP contribution in [-0.4, -0.2) is 63.0 Å². The standard InChI is InChI=1S/C24H27ClN6OS/c1-29(13-8-17-6-11-26-12-7-17)22(32)19-9-14-30(15-10-19)24-28-31-16-21(27-23(31)33-24)18-2-4-20(25)5-3-18/h2-7,11-12,16,19,23,27H,8-10,13-15H2,1H3. The van der Waals surface area contributed by atoms with Crippen LogP contribution in [0, 0.1) is 5.92 Å². The molecule has 1 amide bonds. The average Bonchev–Trinajstić information content (AvgIpc) is 3.43. The van der Waals surface area contributed by atoms with E-state index in [9.17, 15) is 4.79 Å². The number of carbonyl (C=O) groups excluding carboxylic acids is 1. The van der Waals surface area contributed by atoms with Crippen molar-refractivity contribution in [1.82, 2.24) is 25.1 Å². The SMILES string of the molecule is CN(CCc1ccncc1)C(=O)C1CCN(C2=NN3C=C(c4ccc(Cl)cc4)NC3S2)CC1. The second kappa shape index (κ2) is 9.65. The molecule has 9 heteroatoms. The zero-order chi connectivity index (χ0) is 22.8. The lowest BCUT2D eigenvalue weighted by molar-refractivity contribution is -0.135. The number of nitrogens with one attached hydrogen (secondary N) is 1. The van der Waals surface area contributed by atoms with Crippen molar-refractivity contribution in [2.45, 2.75) is 24.8 Å². The molecule has 1 saturated heterocycles. The highest BCUT2D eigenvalue weighted by Gasteiger charge is 2.36. The molecule has 0 aliphatic carbocycles. The minimum absolute atomic E-state index is 0.0735. The van der Waals surface area contributed by atoms with Crippen LogP contribution in [0.2, 0.25) is 5.02 Å². The fourth-order valence-corrected chi connectivity index (χ4v) is 5.53. The van der Waals surface area contributed by atoms with E-state index in [2.05, 4.69) is 15.2 Å². The predicted molar refractivity (Wildman–Crippen MR) is 133 cm³/mol. The van der Waals surface area contributed by atoms with Gasteiger partial charge in [-0.2, -0.15) is 0 Å². The quantitative estimate of drug-likeness (QED) is 0.701. The van der Waals surface area contributed by atoms with Crippen molar-refractivity contribution in [3.63, 3.8) is 0 Å². The van der Waals surface area contributed by atoms with E-state index >= 15 is 0 Å². The summed E-state index contributed by atoms with van der Waals surface area (Å²) < 4.78 is 0. The second-order valence-electron chi connectivity index (χ2n) is 8.55. The summed E-state index contributed by atoms with van der Waals surface area (Å²) in [6.45, 7) is 2.44. The fraction of sp³-hybridized carbons (Fsp3) is 0.375. The minimum atomic E-state index is 0.0735. The normalized spacial score (nSPS) is 20.2. The molecule has 1 unspecified atom stereocenters. The van der Waals surface area contributed by atoms with Crippen LogP contribution < -0.4 is 5.32 Å². The number of fused-ring (bicyclic) bond motifs is 1. The summed E-state index contributed by atoms with van der Waals surface area (Å²) in [6, 6.07) is 11.8. The molecule has 7 nitrogen and oxygen atoms in total. The number of benzene rings is 1. The summed E-state index contributed by atoms with van der Waals surface area (Å²) in [7, 11) is 1.91. The third-order valence-corrected chi connectivity index (χ3v) is 7.69. The zero-order valence-corrected chi connectivity index (χ0v) is 20.1. The first-order valence-electron chi connectivity index (χ1n) is 11.2. The molecule has 3 aliphatic rings. The highest BCUT2D eigenvalue weighted by atomic mass is 35.5. The number of hydrogen-bond donors (Lipinski definition) is 1. The molecule has 3 aliphatic heterocycles. The Morgan fingerprint density at radius 3 is 2.61 bits per heavy atom. The highest BCUT2D eigenvalue weighted by molar-refractivity contribution is 8.14. The van der Waals surface area contributed by atoms with Gasteiger partial charge in [0.1, 0.15) is 0 Å². The second-order valence-corrected chi connectivity index (χ2v) is 10.0. The number of amides is 1. The number of pyridine rings is 1. The number of piperidine rings is 1. The third-order valence-electron chi connectivity index (χ3n) is 6.33. The first-order valence-corrected chi connectivity index (χ1v) is 12.5. The van der Waals surface area contributed by atoms with Gasteiger partial charge in [-0.25, -0.2) is 5.01 Å². The van der Waals surface area contributed by atoms with Crippen molar-refractivity contribution in [3.05, 3.63) is 71.1 Å². The Bertz CT molecular complexity index is 1050. The summed E-state index contributed by atoms with van der Waals surface area (Å²) in [6.07, 6.45) is 8.22. The van der Waals surface area contributed by atoms with Crippen molar-refractivity contribution in [2.24, 2.45) is 11.0 Å². The Morgan fingerprint density at radius 1 is 1.18 bits per heavy atom. The van der Waals surface area contributed by atoms with Gasteiger partial charge >= 0.3 is 0 Å². The first-order chi connectivity index (χ1) is 16.1. The van der Waals surface area contributed by atoms with Crippen molar-refractivity contribution in [2.75, 3.05) is 26.7 Å². The monoisotopic (exact) mass is 482 g/mol. The molecule has 4 heterocycles. The number of likely N-dealkylation sites (tertiary alicyclic amines) is 1. The lowest BCUT2D eigenvalue weighted by Crippen LogP contribution is -2.43. The molecule has 33 heavy (non-hydrogen) atoms. The summed E-state index contributed by atoms with van der Waals surface area (Å²) in [4.78, 5) is 21.2. The Hall–Kier alpha value is -2.71. The van der Waals surface area contributed by atoms with Crippen LogP contribution in [-0.2, 0) is 11.2 Å². The molecule has 1 fully saturated rings. The van der Waals surface area contributed by atoms with E-state index in [4.69, 9.17) is 16.7 Å². The maximum atomic E-state index is 12.9. The van der Waals surface area contributed by atoms with Crippen LogP contribution in [0.5, 0.6) is 0 Å². The van der Waals surface area contributed by atoms with Crippen LogP contribution in [0.3, 0.4) is 0 Å². The number of amidine groups is 1. The highest BCUT2D eigenvalue weighted by Crippen LogP contribution is 2.35. The van der Waals surface area contributed by atoms with Gasteiger partial charge in [-0.3, -0.25) is 9.78 Å². The molecular formula is C24H27ClN6OS. The van der Waals surface area contributed by atoms with Crippen molar-refractivity contribution in [3.8, 4) is 0 Å². The van der Waals surface area contributed by atoms with Gasteiger partial charge in [-0.15, -0.1) is 5.10 Å². The van der Waals surface area contributed by atoms with E-state index in [1.165, 1.54) is 5.56 Å². The molecule has 1 aromatic heterocycles. The molecule has 1 aromatic carbocycles. The summed E-state index contributed by atoms with van der Waals surface area (Å²) in [5.74, 6) is 0.340. The number of halogens is 1. The summed E-state index contributed by atoms with van der Waals surface area (Å²) in [5.41, 5.74) is 3.42. The molecule has 172 valence electrons. The van der Waals surface area contributed by atoms with Crippen LogP contribution in [0.4, 0.5) is 0 Å². The van der Waals surface area contributed by atoms with Crippen molar-refractivity contribution >= 4 is 40.1 Å². The number of hydrogen-bond acceptors (Lipinski definition) is 7. The number of aromatic nitrogens is 1. The van der Waals surface area contributed by atoms with E-state index in [1.54, 1.807) is 24.2 Å². The molecule has 0 radical (unpaired) electrons. The van der Waals surface area contributed by atoms with Crippen LogP contribution in [0.15, 0.2) is 60.1 Å². The van der Waals surface area contributed by atoms with E-state index in [-0.39, 0.29) is 17.3 Å². The molecule has 2 aromatic rings. The van der Waals surface area contributed by atoms with Gasteiger partial charge in [-0.05, 0) is 66.4 Å². The van der Waals surface area contributed by atoms with E-state index in [1.807, 2.05) is 59.6 Å². The average molecular weight is 483 g/mol. The van der Waals surface area contributed by atoms with Crippen LogP contribution in [0.1, 0.15) is 24.0 Å². The van der Waals surface area contributed by atoms with Gasteiger partial charge in [0.2, 0.25) is 5.91 Å². The molecular weight excluding hydrogens is 456 g/mol. The minimum Gasteiger partial charge on any atom is -0.353 e. The predicted octanol–water partition coefficient (Wildman–Crippen LogP) is 3.65. The molecule has 0 spiro atoms. The topological polar surface area (TPSA) is 64.1 Å². The van der Waals surface area contributed by atoms with Gasteiger partial charge in [0.15, 0.2) is 10.7 Å². The maximum absolute atomic E-state index is 12.9. The molecule has 1 atom stereocenters. The van der Waals surface area contributed by atoms with Crippen LogP contribution >= 0.6 is 23.4 Å². The largest absolute Gasteiger partial charge is 0.353 e. The smallest absolute Gasteiger partial charge is 0.225 e. The summed E-state index contributed by atoms with van der Waals surface area (Å²) >= 11 is 7.72. The number of rotatable bonds is 5. The van der Waals surface area contributed by atoms with Gasteiger partial charge in [0.25, 0.3) is 0 Å². The molecule has 5 rings (SSSR count).